The van der Waals surface area contributed by atoms with Gasteiger partial charge in [0.1, 0.15) is 0 Å². The number of alkyl halides is 5. The number of halogens is 5. The minimum Gasteiger partial charge on any atom is -0.191 e. The third-order valence-corrected chi connectivity index (χ3v) is 7.38. The summed E-state index contributed by atoms with van der Waals surface area (Å²) in [4.78, 5) is 0. The Bertz CT molecular complexity index is 843. The summed E-state index contributed by atoms with van der Waals surface area (Å²) in [6, 6.07) is 12.4. The van der Waals surface area contributed by atoms with Crippen LogP contribution in [0.5, 0.6) is 0 Å². The van der Waals surface area contributed by atoms with Crippen molar-refractivity contribution < 1.29 is 22.0 Å². The van der Waals surface area contributed by atoms with Crippen molar-refractivity contribution in [3.63, 3.8) is 0 Å². The molecule has 0 heterocycles. The summed E-state index contributed by atoms with van der Waals surface area (Å²) in [5, 5.41) is 0. The third kappa shape index (κ3) is 6.36. The van der Waals surface area contributed by atoms with Crippen LogP contribution in [0.3, 0.4) is 0 Å². The molecule has 0 aromatic heterocycles. The first-order valence-electron chi connectivity index (χ1n) is 12.3. The van der Waals surface area contributed by atoms with E-state index in [4.69, 9.17) is 0 Å². The van der Waals surface area contributed by atoms with E-state index in [1.54, 1.807) is 0 Å². The zero-order chi connectivity index (χ0) is 24.1. The Morgan fingerprint density at radius 2 is 1.33 bits per heavy atom. The summed E-state index contributed by atoms with van der Waals surface area (Å²) in [5.74, 6) is -2.62. The van der Waals surface area contributed by atoms with E-state index < -0.39 is 17.7 Å². The second-order valence-electron chi connectivity index (χ2n) is 9.64. The Hall–Kier alpha value is -1.91. The van der Waals surface area contributed by atoms with Gasteiger partial charge in [-0.2, -0.15) is 22.0 Å². The predicted octanol–water partition coefficient (Wildman–Crippen LogP) is 9.89. The largest absolute Gasteiger partial charge is 0.458 e. The van der Waals surface area contributed by atoms with E-state index >= 15 is 0 Å². The molecule has 33 heavy (non-hydrogen) atoms. The minimum absolute atomic E-state index is 0.541. The fraction of sp³-hybridized carbons (Fsp3) is 0.571. The Labute approximate surface area is 194 Å². The van der Waals surface area contributed by atoms with Gasteiger partial charge in [0.05, 0.1) is 0 Å². The second kappa shape index (κ2) is 11.0. The minimum atomic E-state index is -5.60. The molecule has 1 atom stereocenters. The van der Waals surface area contributed by atoms with E-state index in [9.17, 15) is 22.0 Å². The SMILES string of the molecule is CCCCC(CC)CC1CCC(c2ccc(-c3ccc(C(F)(F)C(F)(F)F)cc3)cc2)CC1. The third-order valence-electron chi connectivity index (χ3n) is 7.38. The van der Waals surface area contributed by atoms with Crippen LogP contribution in [0.15, 0.2) is 48.5 Å². The highest BCUT2D eigenvalue weighted by Crippen LogP contribution is 2.44. The highest BCUT2D eigenvalue weighted by atomic mass is 19.4. The van der Waals surface area contributed by atoms with Crippen LogP contribution >= 0.6 is 0 Å². The van der Waals surface area contributed by atoms with Crippen molar-refractivity contribution in [2.75, 3.05) is 0 Å². The number of hydrogen-bond donors (Lipinski definition) is 0. The van der Waals surface area contributed by atoms with Crippen molar-refractivity contribution >= 4 is 0 Å². The number of unbranched alkanes of at least 4 members (excludes halogenated alkanes) is 1. The van der Waals surface area contributed by atoms with Crippen LogP contribution in [-0.2, 0) is 5.92 Å². The first-order valence-corrected chi connectivity index (χ1v) is 12.3. The van der Waals surface area contributed by atoms with E-state index in [0.29, 0.717) is 11.5 Å². The van der Waals surface area contributed by atoms with E-state index in [0.717, 1.165) is 29.5 Å². The van der Waals surface area contributed by atoms with E-state index in [1.165, 1.54) is 75.5 Å². The molecule has 3 rings (SSSR count). The van der Waals surface area contributed by atoms with Gasteiger partial charge in [-0.05, 0) is 66.5 Å². The lowest BCUT2D eigenvalue weighted by Gasteiger charge is -2.31. The normalized spacial score (nSPS) is 20.6. The Morgan fingerprint density at radius 3 is 1.82 bits per heavy atom. The monoisotopic (exact) mass is 466 g/mol. The lowest BCUT2D eigenvalue weighted by molar-refractivity contribution is -0.289. The zero-order valence-electron chi connectivity index (χ0n) is 19.6. The Kier molecular flexibility index (Phi) is 8.58. The topological polar surface area (TPSA) is 0 Å². The van der Waals surface area contributed by atoms with Crippen molar-refractivity contribution in [1.82, 2.24) is 0 Å². The molecule has 0 nitrogen and oxygen atoms in total. The molecule has 0 aliphatic heterocycles. The van der Waals surface area contributed by atoms with Crippen LogP contribution in [0.25, 0.3) is 11.1 Å². The maximum Gasteiger partial charge on any atom is 0.458 e. The molecule has 0 bridgehead atoms. The van der Waals surface area contributed by atoms with Crippen LogP contribution in [0, 0.1) is 11.8 Å². The summed E-state index contributed by atoms with van der Waals surface area (Å²) < 4.78 is 64.7. The van der Waals surface area contributed by atoms with E-state index in [-0.39, 0.29) is 0 Å². The molecular formula is C28H35F5. The van der Waals surface area contributed by atoms with Gasteiger partial charge in [0.25, 0.3) is 0 Å². The molecule has 2 aromatic rings. The molecule has 1 aliphatic rings. The maximum absolute atomic E-state index is 13.5. The van der Waals surface area contributed by atoms with Crippen molar-refractivity contribution in [3.8, 4) is 11.1 Å². The fourth-order valence-electron chi connectivity index (χ4n) is 5.17. The number of benzene rings is 2. The van der Waals surface area contributed by atoms with Gasteiger partial charge in [-0.1, -0.05) is 88.1 Å². The molecule has 1 fully saturated rings. The lowest BCUT2D eigenvalue weighted by Crippen LogP contribution is -2.33. The smallest absolute Gasteiger partial charge is 0.191 e. The van der Waals surface area contributed by atoms with Crippen molar-refractivity contribution in [2.45, 2.75) is 89.7 Å². The van der Waals surface area contributed by atoms with E-state index in [2.05, 4.69) is 26.0 Å². The number of rotatable bonds is 9. The van der Waals surface area contributed by atoms with Gasteiger partial charge >= 0.3 is 12.1 Å². The standard InChI is InChI=1S/C28H35F5/c1-3-5-6-20(4-2)19-21-7-9-22(10-8-21)23-11-13-24(14-12-23)25-15-17-26(18-16-25)27(29,30)28(31,32)33/h11-18,20-22H,3-10,19H2,1-2H3. The molecule has 182 valence electrons. The van der Waals surface area contributed by atoms with Gasteiger partial charge in [0.2, 0.25) is 0 Å². The van der Waals surface area contributed by atoms with Gasteiger partial charge in [0.15, 0.2) is 0 Å². The molecule has 0 spiro atoms. The van der Waals surface area contributed by atoms with Gasteiger partial charge < -0.3 is 0 Å². The van der Waals surface area contributed by atoms with Crippen LogP contribution in [-0.4, -0.2) is 6.18 Å². The quantitative estimate of drug-likeness (QED) is 0.323. The highest BCUT2D eigenvalue weighted by Gasteiger charge is 2.58. The molecule has 0 saturated heterocycles. The van der Waals surface area contributed by atoms with Gasteiger partial charge in [-0.25, -0.2) is 0 Å². The van der Waals surface area contributed by atoms with Crippen LogP contribution < -0.4 is 0 Å². The summed E-state index contributed by atoms with van der Waals surface area (Å²) in [7, 11) is 0. The molecule has 0 amide bonds. The van der Waals surface area contributed by atoms with Gasteiger partial charge in [-0.15, -0.1) is 0 Å². The van der Waals surface area contributed by atoms with Crippen LogP contribution in [0.4, 0.5) is 22.0 Å². The predicted molar refractivity (Wildman–Crippen MR) is 124 cm³/mol. The molecule has 2 aromatic carbocycles. The summed E-state index contributed by atoms with van der Waals surface area (Å²) >= 11 is 0. The van der Waals surface area contributed by atoms with Gasteiger partial charge in [-0.3, -0.25) is 0 Å². The first-order chi connectivity index (χ1) is 15.7. The average molecular weight is 467 g/mol. The maximum atomic E-state index is 13.5. The van der Waals surface area contributed by atoms with Crippen molar-refractivity contribution in [3.05, 3.63) is 59.7 Å². The van der Waals surface area contributed by atoms with Crippen LogP contribution in [0.2, 0.25) is 0 Å². The summed E-state index contributed by atoms with van der Waals surface area (Å²) in [6.45, 7) is 4.56. The molecule has 1 aliphatic carbocycles. The molecule has 1 saturated carbocycles. The van der Waals surface area contributed by atoms with Crippen molar-refractivity contribution in [2.24, 2.45) is 11.8 Å². The Balaban J connectivity index is 1.58. The van der Waals surface area contributed by atoms with Crippen molar-refractivity contribution in [1.29, 1.82) is 0 Å². The summed E-state index contributed by atoms with van der Waals surface area (Å²) in [6.07, 6.45) is 5.89. The first kappa shape index (κ1) is 25.7. The molecular weight excluding hydrogens is 431 g/mol. The highest BCUT2D eigenvalue weighted by molar-refractivity contribution is 5.64. The average Bonchev–Trinajstić information content (AvgIpc) is 2.81. The zero-order valence-corrected chi connectivity index (χ0v) is 19.6. The lowest BCUT2D eigenvalue weighted by atomic mass is 9.74. The van der Waals surface area contributed by atoms with E-state index in [1.807, 2.05) is 12.1 Å². The summed E-state index contributed by atoms with van der Waals surface area (Å²) in [5.41, 5.74) is 1.70. The molecule has 0 radical (unpaired) electrons. The fourth-order valence-corrected chi connectivity index (χ4v) is 5.17. The van der Waals surface area contributed by atoms with Gasteiger partial charge in [0, 0.05) is 5.56 Å². The Morgan fingerprint density at radius 1 is 0.788 bits per heavy atom. The molecule has 1 unspecified atom stereocenters. The molecule has 0 N–H and O–H groups in total. The number of hydrogen-bond acceptors (Lipinski definition) is 0. The second-order valence-corrected chi connectivity index (χ2v) is 9.64. The molecule has 5 heteroatoms. The van der Waals surface area contributed by atoms with Crippen LogP contribution in [0.1, 0.15) is 88.7 Å².